The van der Waals surface area contributed by atoms with E-state index in [-0.39, 0.29) is 23.6 Å². The first kappa shape index (κ1) is 23.9. The Bertz CT molecular complexity index is 1300. The highest BCUT2D eigenvalue weighted by molar-refractivity contribution is 7.92. The van der Waals surface area contributed by atoms with Crippen LogP contribution in [-0.2, 0) is 14.8 Å². The number of benzene rings is 2. The molecule has 0 unspecified atom stereocenters. The second-order valence-corrected chi connectivity index (χ2v) is 9.13. The predicted molar refractivity (Wildman–Crippen MR) is 122 cm³/mol. The van der Waals surface area contributed by atoms with E-state index in [0.717, 1.165) is 0 Å². The molecular weight excluding hydrogens is 448 g/mol. The minimum absolute atomic E-state index is 0.00437. The summed E-state index contributed by atoms with van der Waals surface area (Å²) in [6, 6.07) is 12.4. The molecule has 0 aliphatic heterocycles. The molecule has 0 atom stereocenters. The molecule has 3 aromatic rings. The van der Waals surface area contributed by atoms with Crippen molar-refractivity contribution in [1.29, 1.82) is 0 Å². The van der Waals surface area contributed by atoms with Crippen LogP contribution in [0, 0.1) is 13.8 Å². The molecular formula is C23H24N2O7S. The maximum Gasteiger partial charge on any atom is 0.352 e. The van der Waals surface area contributed by atoms with E-state index in [4.69, 9.17) is 9.84 Å². The maximum absolute atomic E-state index is 12.9. The lowest BCUT2D eigenvalue weighted by molar-refractivity contribution is -0.137. The molecule has 0 spiro atoms. The van der Waals surface area contributed by atoms with Crippen LogP contribution in [0.4, 0.5) is 5.69 Å². The highest BCUT2D eigenvalue weighted by Crippen LogP contribution is 2.26. The Morgan fingerprint density at radius 1 is 1.03 bits per heavy atom. The summed E-state index contributed by atoms with van der Waals surface area (Å²) >= 11 is 0. The van der Waals surface area contributed by atoms with E-state index in [2.05, 4.69) is 4.72 Å². The van der Waals surface area contributed by atoms with Gasteiger partial charge in [0.1, 0.15) is 11.4 Å². The second-order valence-electron chi connectivity index (χ2n) is 7.45. The monoisotopic (exact) mass is 472 g/mol. The van der Waals surface area contributed by atoms with Gasteiger partial charge in [0.2, 0.25) is 0 Å². The molecule has 0 saturated heterocycles. The van der Waals surface area contributed by atoms with Gasteiger partial charge in [-0.05, 0) is 79.9 Å². The number of nitrogens with zero attached hydrogens (tertiary/aromatic N) is 1. The molecule has 0 fully saturated rings. The van der Waals surface area contributed by atoms with Crippen LogP contribution in [0.25, 0.3) is 5.69 Å². The van der Waals surface area contributed by atoms with Crippen LogP contribution < -0.4 is 9.46 Å². The first-order chi connectivity index (χ1) is 15.6. The van der Waals surface area contributed by atoms with Gasteiger partial charge in [0.05, 0.1) is 11.5 Å². The summed E-state index contributed by atoms with van der Waals surface area (Å²) in [6.45, 7) is 3.69. The summed E-state index contributed by atoms with van der Waals surface area (Å²) in [7, 11) is -3.88. The number of aromatic nitrogens is 1. The fourth-order valence-electron chi connectivity index (χ4n) is 3.33. The molecule has 9 nitrogen and oxygen atoms in total. The normalized spacial score (nSPS) is 11.2. The molecule has 3 N–H and O–H groups in total. The zero-order valence-electron chi connectivity index (χ0n) is 18.1. The van der Waals surface area contributed by atoms with Gasteiger partial charge in [-0.2, -0.15) is 0 Å². The summed E-state index contributed by atoms with van der Waals surface area (Å²) in [6.07, 6.45) is 1.97. The molecule has 0 amide bonds. The number of carbonyl (C=O) groups is 2. The molecule has 33 heavy (non-hydrogen) atoms. The van der Waals surface area contributed by atoms with Crippen molar-refractivity contribution in [3.63, 3.8) is 0 Å². The lowest BCUT2D eigenvalue weighted by atomic mass is 10.1. The van der Waals surface area contributed by atoms with E-state index in [1.807, 2.05) is 0 Å². The third kappa shape index (κ3) is 5.72. The number of hydrogen-bond donors (Lipinski definition) is 3. The Hall–Kier alpha value is -3.79. The molecule has 0 bridgehead atoms. The van der Waals surface area contributed by atoms with E-state index in [9.17, 15) is 23.1 Å². The molecule has 174 valence electrons. The van der Waals surface area contributed by atoms with Crippen LogP contribution in [0.5, 0.6) is 5.75 Å². The second kappa shape index (κ2) is 9.78. The fourth-order valence-corrected chi connectivity index (χ4v) is 4.46. The zero-order valence-corrected chi connectivity index (χ0v) is 18.9. The highest BCUT2D eigenvalue weighted by atomic mass is 32.2. The zero-order chi connectivity index (χ0) is 24.2. The number of aryl methyl sites for hydroxylation is 2. The van der Waals surface area contributed by atoms with Crippen molar-refractivity contribution in [1.82, 2.24) is 4.57 Å². The van der Waals surface area contributed by atoms with Crippen molar-refractivity contribution in [2.24, 2.45) is 0 Å². The van der Waals surface area contributed by atoms with Crippen LogP contribution in [0.3, 0.4) is 0 Å². The molecule has 3 rings (SSSR count). The number of carboxylic acid groups (broad SMARTS) is 2. The van der Waals surface area contributed by atoms with Gasteiger partial charge in [-0.1, -0.05) is 0 Å². The van der Waals surface area contributed by atoms with Crippen LogP contribution in [0.1, 0.15) is 34.5 Å². The number of aliphatic carboxylic acids is 1. The van der Waals surface area contributed by atoms with Crippen LogP contribution >= 0.6 is 0 Å². The van der Waals surface area contributed by atoms with Crippen molar-refractivity contribution < 1.29 is 33.0 Å². The summed E-state index contributed by atoms with van der Waals surface area (Å²) in [4.78, 5) is 22.0. The number of hydrogen-bond acceptors (Lipinski definition) is 5. The topological polar surface area (TPSA) is 135 Å². The van der Waals surface area contributed by atoms with E-state index in [1.54, 1.807) is 50.4 Å². The van der Waals surface area contributed by atoms with Crippen LogP contribution in [0.15, 0.2) is 59.6 Å². The molecule has 1 heterocycles. The number of anilines is 1. The van der Waals surface area contributed by atoms with Gasteiger partial charge in [-0.3, -0.25) is 9.52 Å². The van der Waals surface area contributed by atoms with E-state index >= 15 is 0 Å². The number of rotatable bonds is 10. The Morgan fingerprint density at radius 3 is 2.42 bits per heavy atom. The lowest BCUT2D eigenvalue weighted by Gasteiger charge is -2.14. The Balaban J connectivity index is 1.75. The standard InChI is InChI=1S/C23H24N2O7S/c1-15-13-17(7-9-19(15)25-11-3-5-20(25)23(28)29)24-33(30,31)18-8-10-21(16(2)14-18)32-12-4-6-22(26)27/h3,5,7-11,13-14,24H,4,6,12H2,1-2H3,(H,26,27)(H,28,29). The summed E-state index contributed by atoms with van der Waals surface area (Å²) in [5.74, 6) is -1.48. The minimum Gasteiger partial charge on any atom is -0.493 e. The first-order valence-corrected chi connectivity index (χ1v) is 11.6. The first-order valence-electron chi connectivity index (χ1n) is 10.1. The average molecular weight is 473 g/mol. The van der Waals surface area contributed by atoms with Crippen molar-refractivity contribution in [3.8, 4) is 11.4 Å². The van der Waals surface area contributed by atoms with Gasteiger partial charge in [-0.25, -0.2) is 13.2 Å². The maximum atomic E-state index is 12.9. The number of aromatic carboxylic acids is 1. The summed E-state index contributed by atoms with van der Waals surface area (Å²) < 4.78 is 35.3. The van der Waals surface area contributed by atoms with Gasteiger partial charge < -0.3 is 19.5 Å². The number of sulfonamides is 1. The van der Waals surface area contributed by atoms with Crippen molar-refractivity contribution >= 4 is 27.6 Å². The Labute approximate surface area is 191 Å². The molecule has 0 saturated carbocycles. The van der Waals surface area contributed by atoms with Gasteiger partial charge in [0.15, 0.2) is 0 Å². The minimum atomic E-state index is -3.88. The van der Waals surface area contributed by atoms with E-state index < -0.39 is 22.0 Å². The van der Waals surface area contributed by atoms with E-state index in [0.29, 0.717) is 34.7 Å². The van der Waals surface area contributed by atoms with E-state index in [1.165, 1.54) is 22.8 Å². The molecule has 10 heteroatoms. The molecule has 0 radical (unpaired) electrons. The Morgan fingerprint density at radius 2 is 1.79 bits per heavy atom. The molecule has 1 aromatic heterocycles. The predicted octanol–water partition coefficient (Wildman–Crippen LogP) is 3.84. The average Bonchev–Trinajstić information content (AvgIpc) is 3.21. The third-order valence-electron chi connectivity index (χ3n) is 4.93. The number of carboxylic acids is 2. The molecule has 2 aromatic carbocycles. The van der Waals surface area contributed by atoms with Gasteiger partial charge in [0, 0.05) is 24.0 Å². The SMILES string of the molecule is Cc1cc(S(=O)(=O)Nc2ccc(-n3cccc3C(=O)O)c(C)c2)ccc1OCCCC(=O)O. The largest absolute Gasteiger partial charge is 0.493 e. The Kier molecular flexibility index (Phi) is 7.07. The van der Waals surface area contributed by atoms with Gasteiger partial charge in [-0.15, -0.1) is 0 Å². The third-order valence-corrected chi connectivity index (χ3v) is 6.30. The quantitative estimate of drug-likeness (QED) is 0.382. The summed E-state index contributed by atoms with van der Waals surface area (Å²) in [5.41, 5.74) is 2.36. The summed E-state index contributed by atoms with van der Waals surface area (Å²) in [5, 5.41) is 18.0. The van der Waals surface area contributed by atoms with Crippen molar-refractivity contribution in [2.75, 3.05) is 11.3 Å². The number of ether oxygens (including phenoxy) is 1. The highest BCUT2D eigenvalue weighted by Gasteiger charge is 2.17. The van der Waals surface area contributed by atoms with Crippen molar-refractivity contribution in [2.45, 2.75) is 31.6 Å². The van der Waals surface area contributed by atoms with Crippen molar-refractivity contribution in [3.05, 3.63) is 71.5 Å². The van der Waals surface area contributed by atoms with Crippen LogP contribution in [-0.4, -0.2) is 41.7 Å². The smallest absolute Gasteiger partial charge is 0.352 e. The van der Waals surface area contributed by atoms with Gasteiger partial charge >= 0.3 is 11.9 Å². The van der Waals surface area contributed by atoms with Crippen LogP contribution in [0.2, 0.25) is 0 Å². The molecule has 0 aliphatic rings. The van der Waals surface area contributed by atoms with Gasteiger partial charge in [0.25, 0.3) is 10.0 Å². The fraction of sp³-hybridized carbons (Fsp3) is 0.217. The molecule has 0 aliphatic carbocycles. The lowest BCUT2D eigenvalue weighted by Crippen LogP contribution is -2.14. The number of nitrogens with one attached hydrogen (secondary N) is 1.